The molecule has 0 aliphatic carbocycles. The van der Waals surface area contributed by atoms with Crippen LogP contribution in [0.5, 0.6) is 0 Å². The summed E-state index contributed by atoms with van der Waals surface area (Å²) in [6, 6.07) is 4.66. The van der Waals surface area contributed by atoms with Gasteiger partial charge in [-0.05, 0) is 26.3 Å². The SMILES string of the molecule is CCNc1cc(N(CCOC)C(C)CC)ccn1. The Morgan fingerprint density at radius 3 is 2.83 bits per heavy atom. The van der Waals surface area contributed by atoms with Crippen molar-refractivity contribution >= 4 is 11.5 Å². The van der Waals surface area contributed by atoms with E-state index in [1.807, 2.05) is 6.20 Å². The van der Waals surface area contributed by atoms with E-state index in [0.29, 0.717) is 6.04 Å². The van der Waals surface area contributed by atoms with Crippen LogP contribution >= 0.6 is 0 Å². The van der Waals surface area contributed by atoms with Gasteiger partial charge in [0.05, 0.1) is 6.61 Å². The van der Waals surface area contributed by atoms with Crippen molar-refractivity contribution in [1.82, 2.24) is 4.98 Å². The molecule has 4 heteroatoms. The van der Waals surface area contributed by atoms with Gasteiger partial charge in [0.1, 0.15) is 5.82 Å². The maximum absolute atomic E-state index is 5.19. The van der Waals surface area contributed by atoms with Crippen LogP contribution in [0.4, 0.5) is 11.5 Å². The lowest BCUT2D eigenvalue weighted by Crippen LogP contribution is -2.35. The van der Waals surface area contributed by atoms with Gasteiger partial charge in [-0.2, -0.15) is 0 Å². The summed E-state index contributed by atoms with van der Waals surface area (Å²) in [7, 11) is 1.74. The maximum Gasteiger partial charge on any atom is 0.127 e. The molecule has 102 valence electrons. The topological polar surface area (TPSA) is 37.4 Å². The highest BCUT2D eigenvalue weighted by molar-refractivity contribution is 5.54. The minimum absolute atomic E-state index is 0.497. The Morgan fingerprint density at radius 2 is 2.22 bits per heavy atom. The van der Waals surface area contributed by atoms with Crippen LogP contribution < -0.4 is 10.2 Å². The van der Waals surface area contributed by atoms with Gasteiger partial charge in [0.15, 0.2) is 0 Å². The number of hydrogen-bond acceptors (Lipinski definition) is 4. The molecule has 1 heterocycles. The van der Waals surface area contributed by atoms with E-state index < -0.39 is 0 Å². The van der Waals surface area contributed by atoms with E-state index in [4.69, 9.17) is 4.74 Å². The lowest BCUT2D eigenvalue weighted by atomic mass is 10.2. The molecule has 0 aromatic carbocycles. The molecule has 0 saturated carbocycles. The smallest absolute Gasteiger partial charge is 0.127 e. The Kier molecular flexibility index (Phi) is 6.50. The van der Waals surface area contributed by atoms with E-state index in [-0.39, 0.29) is 0 Å². The van der Waals surface area contributed by atoms with E-state index in [2.05, 4.69) is 48.1 Å². The Labute approximate surface area is 110 Å². The third kappa shape index (κ3) is 4.18. The largest absolute Gasteiger partial charge is 0.383 e. The van der Waals surface area contributed by atoms with Gasteiger partial charge in [-0.25, -0.2) is 4.98 Å². The molecule has 0 bridgehead atoms. The zero-order chi connectivity index (χ0) is 13.4. The first kappa shape index (κ1) is 14.8. The summed E-state index contributed by atoms with van der Waals surface area (Å²) in [4.78, 5) is 6.68. The highest BCUT2D eigenvalue weighted by Gasteiger charge is 2.13. The van der Waals surface area contributed by atoms with Crippen LogP contribution in [-0.2, 0) is 4.74 Å². The highest BCUT2D eigenvalue weighted by Crippen LogP contribution is 2.20. The molecule has 1 atom stereocenters. The fourth-order valence-corrected chi connectivity index (χ4v) is 1.89. The van der Waals surface area contributed by atoms with Gasteiger partial charge in [0.25, 0.3) is 0 Å². The number of aromatic nitrogens is 1. The average molecular weight is 251 g/mol. The van der Waals surface area contributed by atoms with Crippen molar-refractivity contribution in [3.8, 4) is 0 Å². The molecule has 1 aromatic heterocycles. The number of nitrogens with one attached hydrogen (secondary N) is 1. The molecule has 0 saturated heterocycles. The maximum atomic E-state index is 5.19. The normalized spacial score (nSPS) is 12.2. The molecule has 0 radical (unpaired) electrons. The summed E-state index contributed by atoms with van der Waals surface area (Å²) in [5.41, 5.74) is 1.20. The van der Waals surface area contributed by atoms with Gasteiger partial charge in [-0.1, -0.05) is 6.92 Å². The van der Waals surface area contributed by atoms with Crippen molar-refractivity contribution in [2.24, 2.45) is 0 Å². The van der Waals surface area contributed by atoms with E-state index in [9.17, 15) is 0 Å². The molecule has 1 unspecified atom stereocenters. The van der Waals surface area contributed by atoms with Gasteiger partial charge in [-0.15, -0.1) is 0 Å². The molecule has 1 aromatic rings. The molecule has 0 spiro atoms. The summed E-state index contributed by atoms with van der Waals surface area (Å²) in [5.74, 6) is 0.931. The lowest BCUT2D eigenvalue weighted by molar-refractivity contribution is 0.203. The van der Waals surface area contributed by atoms with Gasteiger partial charge in [0.2, 0.25) is 0 Å². The Bertz CT molecular complexity index is 344. The summed E-state index contributed by atoms with van der Waals surface area (Å²) >= 11 is 0. The minimum atomic E-state index is 0.497. The summed E-state index contributed by atoms with van der Waals surface area (Å²) in [5, 5.41) is 3.25. The minimum Gasteiger partial charge on any atom is -0.383 e. The van der Waals surface area contributed by atoms with Crippen molar-refractivity contribution in [3.05, 3.63) is 18.3 Å². The third-order valence-corrected chi connectivity index (χ3v) is 3.09. The Morgan fingerprint density at radius 1 is 1.44 bits per heavy atom. The third-order valence-electron chi connectivity index (χ3n) is 3.09. The molecule has 0 aliphatic rings. The van der Waals surface area contributed by atoms with Crippen LogP contribution in [0.25, 0.3) is 0 Å². The standard InChI is InChI=1S/C14H25N3O/c1-5-12(3)17(9-10-18-4)13-7-8-16-14(11-13)15-6-2/h7-8,11-12H,5-6,9-10H2,1-4H3,(H,15,16). The van der Waals surface area contributed by atoms with Crippen molar-refractivity contribution in [2.45, 2.75) is 33.2 Å². The van der Waals surface area contributed by atoms with Crippen LogP contribution in [0.2, 0.25) is 0 Å². The molecule has 1 rings (SSSR count). The Balaban J connectivity index is 2.85. The predicted molar refractivity (Wildman–Crippen MR) is 77.4 cm³/mol. The fourth-order valence-electron chi connectivity index (χ4n) is 1.89. The second kappa shape index (κ2) is 7.93. The van der Waals surface area contributed by atoms with Crippen molar-refractivity contribution < 1.29 is 4.74 Å². The Hall–Kier alpha value is -1.29. The second-order valence-electron chi connectivity index (χ2n) is 4.37. The number of ether oxygens (including phenoxy) is 1. The van der Waals surface area contributed by atoms with Gasteiger partial charge in [0, 0.05) is 44.2 Å². The quantitative estimate of drug-likeness (QED) is 0.771. The first-order valence-electron chi connectivity index (χ1n) is 6.68. The van der Waals surface area contributed by atoms with Crippen molar-refractivity contribution in [3.63, 3.8) is 0 Å². The van der Waals surface area contributed by atoms with Crippen molar-refractivity contribution in [2.75, 3.05) is 37.0 Å². The van der Waals surface area contributed by atoms with E-state index >= 15 is 0 Å². The number of hydrogen-bond donors (Lipinski definition) is 1. The molecular formula is C14H25N3O. The lowest BCUT2D eigenvalue weighted by Gasteiger charge is -2.30. The van der Waals surface area contributed by atoms with E-state index in [1.165, 1.54) is 5.69 Å². The van der Waals surface area contributed by atoms with Crippen LogP contribution in [0.3, 0.4) is 0 Å². The van der Waals surface area contributed by atoms with Gasteiger partial charge >= 0.3 is 0 Å². The van der Waals surface area contributed by atoms with Crippen LogP contribution in [0, 0.1) is 0 Å². The number of anilines is 2. The second-order valence-corrected chi connectivity index (χ2v) is 4.37. The zero-order valence-electron chi connectivity index (χ0n) is 11.9. The predicted octanol–water partition coefficient (Wildman–Crippen LogP) is 2.76. The molecule has 0 fully saturated rings. The fraction of sp³-hybridized carbons (Fsp3) is 0.643. The van der Waals surface area contributed by atoms with Gasteiger partial charge < -0.3 is 15.0 Å². The van der Waals surface area contributed by atoms with Crippen LogP contribution in [0.15, 0.2) is 18.3 Å². The number of rotatable bonds is 8. The molecule has 18 heavy (non-hydrogen) atoms. The van der Waals surface area contributed by atoms with Crippen LogP contribution in [0.1, 0.15) is 27.2 Å². The average Bonchev–Trinajstić information content (AvgIpc) is 2.39. The summed E-state index contributed by atoms with van der Waals surface area (Å²) in [6.45, 7) is 9.05. The molecule has 0 aliphatic heterocycles. The van der Waals surface area contributed by atoms with Crippen LogP contribution in [-0.4, -0.2) is 37.8 Å². The summed E-state index contributed by atoms with van der Waals surface area (Å²) in [6.07, 6.45) is 2.97. The first-order chi connectivity index (χ1) is 8.72. The molecular weight excluding hydrogens is 226 g/mol. The molecule has 0 amide bonds. The van der Waals surface area contributed by atoms with E-state index in [0.717, 1.165) is 31.9 Å². The van der Waals surface area contributed by atoms with Gasteiger partial charge in [-0.3, -0.25) is 0 Å². The first-order valence-corrected chi connectivity index (χ1v) is 6.68. The van der Waals surface area contributed by atoms with Crippen molar-refractivity contribution in [1.29, 1.82) is 0 Å². The number of pyridine rings is 1. The van der Waals surface area contributed by atoms with E-state index in [1.54, 1.807) is 7.11 Å². The monoisotopic (exact) mass is 251 g/mol. The molecule has 4 nitrogen and oxygen atoms in total. The zero-order valence-corrected chi connectivity index (χ0v) is 11.9. The number of nitrogens with zero attached hydrogens (tertiary/aromatic N) is 2. The molecule has 1 N–H and O–H groups in total. The number of methoxy groups -OCH3 is 1. The summed E-state index contributed by atoms with van der Waals surface area (Å²) < 4.78 is 5.19. The highest BCUT2D eigenvalue weighted by atomic mass is 16.5.